The molecule has 5 nitrogen and oxygen atoms in total. The van der Waals surface area contributed by atoms with Gasteiger partial charge in [-0.25, -0.2) is 9.18 Å². The van der Waals surface area contributed by atoms with E-state index in [1.807, 2.05) is 0 Å². The molecule has 0 aliphatic carbocycles. The first kappa shape index (κ1) is 16.2. The van der Waals surface area contributed by atoms with Crippen molar-refractivity contribution in [1.82, 2.24) is 0 Å². The Labute approximate surface area is 124 Å². The molecule has 1 amide bonds. The summed E-state index contributed by atoms with van der Waals surface area (Å²) in [6.45, 7) is 1.66. The van der Waals surface area contributed by atoms with Gasteiger partial charge in [0.1, 0.15) is 17.3 Å². The molecule has 0 saturated heterocycles. The average Bonchev–Trinajstić information content (AvgIpc) is 2.39. The van der Waals surface area contributed by atoms with Crippen LogP contribution in [-0.4, -0.2) is 18.5 Å². The summed E-state index contributed by atoms with van der Waals surface area (Å²) in [5.41, 5.74) is -0.528. The molecular formula is C12H9Cl2FN2O3. The molecule has 20 heavy (non-hydrogen) atoms. The SMILES string of the molecule is CCOC(=O)c1cc(F)c(Cl)c(NC(=O)CC#N)c1Cl. The number of rotatable bonds is 4. The predicted octanol–water partition coefficient (Wildman–Crippen LogP) is 3.16. The number of anilines is 1. The maximum Gasteiger partial charge on any atom is 0.339 e. The third kappa shape index (κ3) is 3.59. The molecule has 0 saturated carbocycles. The summed E-state index contributed by atoms with van der Waals surface area (Å²) in [5.74, 6) is -2.51. The predicted molar refractivity (Wildman–Crippen MR) is 71.2 cm³/mol. The van der Waals surface area contributed by atoms with Gasteiger partial charge in [-0.1, -0.05) is 23.2 Å². The molecule has 1 rings (SSSR count). The zero-order chi connectivity index (χ0) is 15.3. The van der Waals surface area contributed by atoms with Crippen molar-refractivity contribution >= 4 is 40.8 Å². The van der Waals surface area contributed by atoms with Crippen LogP contribution in [0.2, 0.25) is 10.0 Å². The standard InChI is InChI=1S/C12H9Cl2FN2O3/c1-2-20-12(19)6-5-7(15)10(14)11(9(6)13)17-8(18)3-4-16/h5H,2-3H2,1H3,(H,17,18). The molecule has 0 unspecified atom stereocenters. The van der Waals surface area contributed by atoms with Gasteiger partial charge >= 0.3 is 5.97 Å². The van der Waals surface area contributed by atoms with Gasteiger partial charge in [-0.15, -0.1) is 0 Å². The molecule has 0 atom stereocenters. The summed E-state index contributed by atoms with van der Waals surface area (Å²) in [6.07, 6.45) is -0.460. The lowest BCUT2D eigenvalue weighted by Gasteiger charge is -2.12. The van der Waals surface area contributed by atoms with Crippen molar-refractivity contribution in [3.05, 3.63) is 27.5 Å². The third-order valence-electron chi connectivity index (χ3n) is 2.16. The Hall–Kier alpha value is -1.84. The van der Waals surface area contributed by atoms with Gasteiger partial charge in [0.2, 0.25) is 5.91 Å². The largest absolute Gasteiger partial charge is 0.462 e. The molecule has 0 aromatic heterocycles. The summed E-state index contributed by atoms with van der Waals surface area (Å²) < 4.78 is 18.4. The number of nitrogens with zero attached hydrogens (tertiary/aromatic N) is 1. The number of hydrogen-bond acceptors (Lipinski definition) is 4. The number of benzene rings is 1. The summed E-state index contributed by atoms with van der Waals surface area (Å²) in [7, 11) is 0. The molecular weight excluding hydrogens is 310 g/mol. The Morgan fingerprint density at radius 3 is 2.65 bits per heavy atom. The molecule has 0 radical (unpaired) electrons. The first-order valence-electron chi connectivity index (χ1n) is 5.43. The lowest BCUT2D eigenvalue weighted by molar-refractivity contribution is -0.115. The van der Waals surface area contributed by atoms with E-state index in [0.717, 1.165) is 6.07 Å². The highest BCUT2D eigenvalue weighted by Gasteiger charge is 2.22. The van der Waals surface area contributed by atoms with Crippen molar-refractivity contribution in [2.75, 3.05) is 11.9 Å². The van der Waals surface area contributed by atoms with Crippen molar-refractivity contribution in [2.45, 2.75) is 13.3 Å². The van der Waals surface area contributed by atoms with Crippen molar-refractivity contribution in [3.63, 3.8) is 0 Å². The van der Waals surface area contributed by atoms with Crippen molar-refractivity contribution in [1.29, 1.82) is 5.26 Å². The fourth-order valence-corrected chi connectivity index (χ4v) is 1.84. The first-order chi connectivity index (χ1) is 9.42. The smallest absolute Gasteiger partial charge is 0.339 e. The van der Waals surface area contributed by atoms with E-state index in [9.17, 15) is 14.0 Å². The van der Waals surface area contributed by atoms with Gasteiger partial charge in [-0.3, -0.25) is 4.79 Å². The molecule has 0 bridgehead atoms. The van der Waals surface area contributed by atoms with Crippen LogP contribution in [-0.2, 0) is 9.53 Å². The van der Waals surface area contributed by atoms with Crippen molar-refractivity contribution in [3.8, 4) is 6.07 Å². The number of amides is 1. The molecule has 0 aliphatic rings. The van der Waals surface area contributed by atoms with Crippen molar-refractivity contribution in [2.24, 2.45) is 0 Å². The van der Waals surface area contributed by atoms with Crippen LogP contribution >= 0.6 is 23.2 Å². The number of esters is 1. The van der Waals surface area contributed by atoms with Crippen LogP contribution in [0.1, 0.15) is 23.7 Å². The zero-order valence-electron chi connectivity index (χ0n) is 10.3. The summed E-state index contributed by atoms with van der Waals surface area (Å²) in [5, 5.41) is 9.88. The minimum absolute atomic E-state index is 0.0789. The Balaban J connectivity index is 3.26. The number of carbonyl (C=O) groups is 2. The van der Waals surface area contributed by atoms with Gasteiger partial charge in [0.25, 0.3) is 0 Å². The van der Waals surface area contributed by atoms with Gasteiger partial charge in [0.05, 0.1) is 28.9 Å². The van der Waals surface area contributed by atoms with Gasteiger partial charge in [-0.05, 0) is 13.0 Å². The highest BCUT2D eigenvalue weighted by atomic mass is 35.5. The average molecular weight is 319 g/mol. The van der Waals surface area contributed by atoms with Gasteiger partial charge in [0, 0.05) is 0 Å². The highest BCUT2D eigenvalue weighted by Crippen LogP contribution is 2.36. The fraction of sp³-hybridized carbons (Fsp3) is 0.250. The molecule has 0 heterocycles. The van der Waals surface area contributed by atoms with E-state index < -0.39 is 29.1 Å². The molecule has 1 aromatic rings. The van der Waals surface area contributed by atoms with Crippen LogP contribution in [0, 0.1) is 17.1 Å². The maximum absolute atomic E-state index is 13.6. The molecule has 0 spiro atoms. The molecule has 8 heteroatoms. The van der Waals surface area contributed by atoms with Crippen LogP contribution in [0.25, 0.3) is 0 Å². The Morgan fingerprint density at radius 2 is 2.10 bits per heavy atom. The zero-order valence-corrected chi connectivity index (χ0v) is 11.8. The maximum atomic E-state index is 13.6. The quantitative estimate of drug-likeness (QED) is 0.683. The topological polar surface area (TPSA) is 79.2 Å². The van der Waals surface area contributed by atoms with Crippen LogP contribution in [0.4, 0.5) is 10.1 Å². The number of carbonyl (C=O) groups excluding carboxylic acids is 2. The summed E-state index contributed by atoms with van der Waals surface area (Å²) in [4.78, 5) is 23.0. The van der Waals surface area contributed by atoms with Gasteiger partial charge in [-0.2, -0.15) is 5.26 Å². The Kier molecular flexibility index (Phi) is 5.74. The van der Waals surface area contributed by atoms with E-state index in [2.05, 4.69) is 5.32 Å². The molecule has 1 N–H and O–H groups in total. The molecule has 0 fully saturated rings. The highest BCUT2D eigenvalue weighted by molar-refractivity contribution is 6.41. The Morgan fingerprint density at radius 1 is 1.45 bits per heavy atom. The monoisotopic (exact) mass is 318 g/mol. The summed E-state index contributed by atoms with van der Waals surface area (Å²) >= 11 is 11.6. The summed E-state index contributed by atoms with van der Waals surface area (Å²) in [6, 6.07) is 2.44. The fourth-order valence-electron chi connectivity index (χ4n) is 1.33. The third-order valence-corrected chi connectivity index (χ3v) is 2.92. The molecule has 0 aliphatic heterocycles. The molecule has 106 valence electrons. The minimum atomic E-state index is -0.939. The van der Waals surface area contributed by atoms with E-state index in [0.29, 0.717) is 0 Å². The molecule has 1 aromatic carbocycles. The van der Waals surface area contributed by atoms with Gasteiger partial charge in [0.15, 0.2) is 0 Å². The second kappa shape index (κ2) is 7.08. The lowest BCUT2D eigenvalue weighted by atomic mass is 10.2. The Bertz CT molecular complexity index is 599. The number of nitrogens with one attached hydrogen (secondary N) is 1. The number of halogens is 3. The first-order valence-corrected chi connectivity index (χ1v) is 6.19. The van der Waals surface area contributed by atoms with E-state index in [1.54, 1.807) is 13.0 Å². The van der Waals surface area contributed by atoms with Crippen LogP contribution in [0.5, 0.6) is 0 Å². The van der Waals surface area contributed by atoms with Crippen LogP contribution < -0.4 is 5.32 Å². The van der Waals surface area contributed by atoms with Crippen LogP contribution in [0.15, 0.2) is 6.07 Å². The minimum Gasteiger partial charge on any atom is -0.462 e. The van der Waals surface area contributed by atoms with E-state index in [4.69, 9.17) is 33.2 Å². The van der Waals surface area contributed by atoms with Crippen LogP contribution in [0.3, 0.4) is 0 Å². The number of hydrogen-bond donors (Lipinski definition) is 1. The second-order valence-corrected chi connectivity index (χ2v) is 4.27. The number of nitriles is 1. The second-order valence-electron chi connectivity index (χ2n) is 3.51. The van der Waals surface area contributed by atoms with E-state index in [-0.39, 0.29) is 22.9 Å². The van der Waals surface area contributed by atoms with Crippen molar-refractivity contribution < 1.29 is 18.7 Å². The van der Waals surface area contributed by atoms with Gasteiger partial charge < -0.3 is 10.1 Å². The number of ether oxygens (including phenoxy) is 1. The normalized spacial score (nSPS) is 9.75. The lowest BCUT2D eigenvalue weighted by Crippen LogP contribution is -2.14. The van der Waals surface area contributed by atoms with E-state index >= 15 is 0 Å². The van der Waals surface area contributed by atoms with E-state index in [1.165, 1.54) is 0 Å².